The molecule has 1 aliphatic rings. The number of thiazole rings is 1. The van der Waals surface area contributed by atoms with Gasteiger partial charge in [0, 0.05) is 17.0 Å². The van der Waals surface area contributed by atoms with Gasteiger partial charge in [-0.2, -0.15) is 13.0 Å². The molecule has 0 saturated heterocycles. The monoisotopic (exact) mass is 909 g/mol. The van der Waals surface area contributed by atoms with Gasteiger partial charge in [-0.15, -0.1) is 0 Å². The van der Waals surface area contributed by atoms with Crippen LogP contribution in [-0.2, 0) is 16.7 Å². The molecular weight excluding hydrogens is 865 g/mol. The summed E-state index contributed by atoms with van der Waals surface area (Å²) in [6.45, 7) is 4.53. The minimum absolute atomic E-state index is 0.133. The number of hydrogen-bond acceptors (Lipinski definition) is 7. The average molecular weight is 910 g/mol. The second kappa shape index (κ2) is 18.4. The van der Waals surface area contributed by atoms with E-state index in [9.17, 15) is 13.0 Å². The highest BCUT2D eigenvalue weighted by molar-refractivity contribution is 8.03. The first kappa shape index (κ1) is 42.3. The molecule has 322 valence electrons. The van der Waals surface area contributed by atoms with Crippen molar-refractivity contribution >= 4 is 76.7 Å². The number of allylic oxidation sites excluding steroid dienone is 2. The lowest BCUT2D eigenvalue weighted by molar-refractivity contribution is -0.669. The topological polar surface area (TPSA) is 80.0 Å². The van der Waals surface area contributed by atoms with Crippen molar-refractivity contribution in [2.24, 2.45) is 0 Å². The van der Waals surface area contributed by atoms with Gasteiger partial charge in [0.15, 0.2) is 6.54 Å². The first-order valence-electron chi connectivity index (χ1n) is 21.6. The van der Waals surface area contributed by atoms with E-state index >= 15 is 0 Å². The van der Waals surface area contributed by atoms with E-state index in [-0.39, 0.29) is 4.90 Å². The van der Waals surface area contributed by atoms with Gasteiger partial charge >= 0.3 is 0 Å². The number of rotatable bonds is 14. The van der Waals surface area contributed by atoms with Crippen LogP contribution in [0, 0.1) is 0 Å². The van der Waals surface area contributed by atoms with Crippen molar-refractivity contribution in [3.05, 3.63) is 198 Å². The summed E-state index contributed by atoms with van der Waals surface area (Å²) in [5.74, 6) is 1.59. The Bertz CT molecular complexity index is 3350. The van der Waals surface area contributed by atoms with Gasteiger partial charge in [-0.3, -0.25) is 4.55 Å². The van der Waals surface area contributed by atoms with Gasteiger partial charge in [-0.05, 0) is 116 Å². The molecule has 1 aliphatic heterocycles. The van der Waals surface area contributed by atoms with Crippen LogP contribution in [-0.4, -0.2) is 32.7 Å². The molecule has 0 aliphatic carbocycles. The van der Waals surface area contributed by atoms with Crippen molar-refractivity contribution in [2.45, 2.75) is 29.7 Å². The summed E-state index contributed by atoms with van der Waals surface area (Å²) in [5.41, 5.74) is 7.68. The number of nitrogens with zero attached hydrogens (tertiary/aromatic N) is 2. The molecule has 10 rings (SSSR count). The lowest BCUT2D eigenvalue weighted by Gasteiger charge is -2.21. The maximum Gasteiger partial charge on any atom is 0.294 e. The van der Waals surface area contributed by atoms with Gasteiger partial charge in [0.1, 0.15) is 29.4 Å². The lowest BCUT2D eigenvalue weighted by Crippen LogP contribution is -2.38. The van der Waals surface area contributed by atoms with Gasteiger partial charge in [0.2, 0.25) is 5.52 Å². The van der Waals surface area contributed by atoms with E-state index in [1.165, 1.54) is 70.6 Å². The Hall–Kier alpha value is -6.69. The van der Waals surface area contributed by atoms with Crippen LogP contribution in [0.3, 0.4) is 0 Å². The van der Waals surface area contributed by atoms with Gasteiger partial charge in [0.25, 0.3) is 15.1 Å². The summed E-state index contributed by atoms with van der Waals surface area (Å²) in [5, 5.41) is 7.17. The third-order valence-corrected chi connectivity index (χ3v) is 14.7. The van der Waals surface area contributed by atoms with Crippen LogP contribution >= 0.6 is 23.1 Å². The summed E-state index contributed by atoms with van der Waals surface area (Å²) in [6, 6.07) is 58.9. The largest absolute Gasteiger partial charge is 0.492 e. The molecule has 8 aromatic carbocycles. The van der Waals surface area contributed by atoms with Crippen LogP contribution in [0.5, 0.6) is 11.5 Å². The summed E-state index contributed by atoms with van der Waals surface area (Å²) in [7, 11) is -4.25. The fraction of sp³-hybridized carbons (Fsp3) is 0.109. The Balaban J connectivity index is 0.920. The fourth-order valence-corrected chi connectivity index (χ4v) is 11.1. The molecule has 65 heavy (non-hydrogen) atoms. The number of fused-ring (bicyclic) bond motifs is 4. The molecule has 0 bridgehead atoms. The lowest BCUT2D eigenvalue weighted by atomic mass is 10.1. The first-order chi connectivity index (χ1) is 31.8. The molecule has 2 heterocycles. The van der Waals surface area contributed by atoms with Gasteiger partial charge in [-0.25, -0.2) is 0 Å². The molecule has 9 aromatic rings. The molecule has 0 atom stereocenters. The standard InChI is InChI=1S/C55H44N2O5S3/c1-2-38(32-54-56(50-34-43-12-6-8-14-45(43)36-52(50)63-54)28-30-61-47-22-16-40(17-23-47)39-10-4-3-5-11-39)33-55-57(51-35-44-13-7-9-15-46(44)37-53(51)64-55)29-31-62-48-24-18-41(19-25-48)42-20-26-49(27-21-42)65(58,59)60/h3-27,32-37H,2,28-31H2,1H3/p+1. The fourth-order valence-electron chi connectivity index (χ4n) is 8.26. The van der Waals surface area contributed by atoms with Crippen LogP contribution in [0.25, 0.3) is 60.1 Å². The first-order valence-corrected chi connectivity index (χ1v) is 24.7. The molecule has 0 amide bonds. The van der Waals surface area contributed by atoms with Gasteiger partial charge < -0.3 is 14.4 Å². The number of benzene rings is 8. The number of ether oxygens (including phenoxy) is 2. The third kappa shape index (κ3) is 9.30. The minimum atomic E-state index is -4.25. The summed E-state index contributed by atoms with van der Waals surface area (Å²) in [6.07, 6.45) is 5.54. The molecule has 1 N–H and O–H groups in total. The van der Waals surface area contributed by atoms with Crippen molar-refractivity contribution in [1.82, 2.24) is 0 Å². The maximum atomic E-state index is 11.5. The Morgan fingerprint density at radius 1 is 0.646 bits per heavy atom. The maximum absolute atomic E-state index is 11.5. The van der Waals surface area contributed by atoms with E-state index in [2.05, 4.69) is 150 Å². The van der Waals surface area contributed by atoms with E-state index in [0.717, 1.165) is 39.6 Å². The van der Waals surface area contributed by atoms with E-state index in [1.54, 1.807) is 23.9 Å². The van der Waals surface area contributed by atoms with Crippen molar-refractivity contribution in [3.63, 3.8) is 0 Å². The summed E-state index contributed by atoms with van der Waals surface area (Å²) < 4.78 is 48.8. The average Bonchev–Trinajstić information content (AvgIpc) is 3.84. The SMILES string of the molecule is CCC(=Cc1sc2cc3ccccc3cc2[n+]1CCOc1ccc(-c2ccccc2)cc1)C=C1Sc2cc3ccccc3cc2N1CCOc1ccc(-c2ccc(S(=O)(=O)O)cc2)cc1. The highest BCUT2D eigenvalue weighted by Crippen LogP contribution is 2.48. The van der Waals surface area contributed by atoms with E-state index in [1.807, 2.05) is 41.7 Å². The number of anilines is 1. The molecule has 0 unspecified atom stereocenters. The van der Waals surface area contributed by atoms with Gasteiger partial charge in [0.05, 0.1) is 22.2 Å². The van der Waals surface area contributed by atoms with E-state index in [0.29, 0.717) is 26.3 Å². The van der Waals surface area contributed by atoms with Crippen LogP contribution < -0.4 is 18.9 Å². The van der Waals surface area contributed by atoms with Gasteiger partial charge in [-0.1, -0.05) is 145 Å². The second-order valence-electron chi connectivity index (χ2n) is 15.8. The Labute approximate surface area is 387 Å². The minimum Gasteiger partial charge on any atom is -0.492 e. The molecule has 10 heteroatoms. The van der Waals surface area contributed by atoms with Crippen molar-refractivity contribution in [3.8, 4) is 33.8 Å². The van der Waals surface area contributed by atoms with Crippen LogP contribution in [0.2, 0.25) is 0 Å². The molecule has 0 fully saturated rings. The predicted molar refractivity (Wildman–Crippen MR) is 268 cm³/mol. The zero-order valence-corrected chi connectivity index (χ0v) is 38.1. The smallest absolute Gasteiger partial charge is 0.294 e. The van der Waals surface area contributed by atoms with Crippen molar-refractivity contribution in [1.29, 1.82) is 0 Å². The zero-order chi connectivity index (χ0) is 44.3. The van der Waals surface area contributed by atoms with E-state index in [4.69, 9.17) is 9.47 Å². The normalized spacial score (nSPS) is 13.5. The van der Waals surface area contributed by atoms with Crippen molar-refractivity contribution < 1.29 is 27.0 Å². The predicted octanol–water partition coefficient (Wildman–Crippen LogP) is 13.5. The van der Waals surface area contributed by atoms with Crippen LogP contribution in [0.4, 0.5) is 5.69 Å². The van der Waals surface area contributed by atoms with E-state index < -0.39 is 10.1 Å². The molecule has 0 saturated carbocycles. The molecular formula is C55H45N2O5S3+. The Morgan fingerprint density at radius 3 is 1.80 bits per heavy atom. The van der Waals surface area contributed by atoms with Crippen molar-refractivity contribution in [2.75, 3.05) is 24.7 Å². The molecule has 7 nitrogen and oxygen atoms in total. The Morgan fingerprint density at radius 2 is 1.18 bits per heavy atom. The number of hydrogen-bond donors (Lipinski definition) is 1. The summed E-state index contributed by atoms with van der Waals surface area (Å²) in [4.78, 5) is 3.46. The third-order valence-electron chi connectivity index (χ3n) is 11.7. The quantitative estimate of drug-likeness (QED) is 0.0860. The number of thioether (sulfide) groups is 1. The van der Waals surface area contributed by atoms with Crippen LogP contribution in [0.1, 0.15) is 18.4 Å². The molecule has 0 radical (unpaired) electrons. The Kier molecular flexibility index (Phi) is 12.0. The summed E-state index contributed by atoms with van der Waals surface area (Å²) >= 11 is 3.61. The second-order valence-corrected chi connectivity index (χ2v) is 19.4. The number of aromatic nitrogens is 1. The zero-order valence-electron chi connectivity index (χ0n) is 35.6. The van der Waals surface area contributed by atoms with Crippen LogP contribution in [0.15, 0.2) is 202 Å². The highest BCUT2D eigenvalue weighted by atomic mass is 32.2. The highest BCUT2D eigenvalue weighted by Gasteiger charge is 2.27. The molecule has 0 spiro atoms. The molecule has 1 aromatic heterocycles.